The van der Waals surface area contributed by atoms with E-state index in [1.165, 1.54) is 0 Å². The maximum Gasteiger partial charge on any atom is 0.267 e. The molecule has 2 aromatic carbocycles. The van der Waals surface area contributed by atoms with E-state index >= 15 is 0 Å². The number of nitrogens with one attached hydrogen (secondary N) is 2. The standard InChI is InChI=1S/C20H20N4O2/c1-11(2)18-17(20(25)23-22-18)9-13-4-5-14-6-7-15(10-16(14)8-13)19-21-12(3)26-24-19/h4-8,10-11H,9H2,1-3H3,(H2,22,23,25). The highest BCUT2D eigenvalue weighted by molar-refractivity contribution is 5.87. The first kappa shape index (κ1) is 16.3. The normalized spacial score (nSPS) is 11.5. The van der Waals surface area contributed by atoms with E-state index in [0.717, 1.165) is 33.2 Å². The molecule has 0 spiro atoms. The summed E-state index contributed by atoms with van der Waals surface area (Å²) in [6.07, 6.45) is 0.591. The van der Waals surface area contributed by atoms with Crippen LogP contribution >= 0.6 is 0 Å². The summed E-state index contributed by atoms with van der Waals surface area (Å²) >= 11 is 0. The molecular formula is C20H20N4O2. The van der Waals surface area contributed by atoms with Gasteiger partial charge in [-0.05, 0) is 28.3 Å². The van der Waals surface area contributed by atoms with Gasteiger partial charge in [-0.25, -0.2) is 0 Å². The fourth-order valence-electron chi connectivity index (χ4n) is 3.23. The monoisotopic (exact) mass is 348 g/mol. The summed E-state index contributed by atoms with van der Waals surface area (Å²) in [6.45, 7) is 5.92. The Balaban J connectivity index is 1.73. The zero-order chi connectivity index (χ0) is 18.3. The van der Waals surface area contributed by atoms with Crippen LogP contribution in [0, 0.1) is 6.92 Å². The Hall–Kier alpha value is -3.15. The lowest BCUT2D eigenvalue weighted by Crippen LogP contribution is -2.08. The van der Waals surface area contributed by atoms with Crippen molar-refractivity contribution in [2.75, 3.05) is 0 Å². The van der Waals surface area contributed by atoms with Gasteiger partial charge in [0.25, 0.3) is 5.56 Å². The lowest BCUT2D eigenvalue weighted by molar-refractivity contribution is 0.394. The van der Waals surface area contributed by atoms with Gasteiger partial charge in [-0.1, -0.05) is 49.3 Å². The molecule has 132 valence electrons. The molecule has 0 amide bonds. The number of nitrogens with zero attached hydrogens (tertiary/aromatic N) is 2. The predicted octanol–water partition coefficient (Wildman–Crippen LogP) is 3.93. The highest BCUT2D eigenvalue weighted by Gasteiger charge is 2.14. The maximum atomic E-state index is 12.1. The average molecular weight is 348 g/mol. The molecule has 0 aliphatic rings. The second-order valence-corrected chi connectivity index (χ2v) is 6.84. The Bertz CT molecular complexity index is 1130. The molecule has 0 aliphatic heterocycles. The summed E-state index contributed by atoms with van der Waals surface area (Å²) in [5.41, 5.74) is 3.71. The average Bonchev–Trinajstić information content (AvgIpc) is 3.21. The molecule has 0 bridgehead atoms. The lowest BCUT2D eigenvalue weighted by Gasteiger charge is -2.07. The molecule has 0 saturated heterocycles. The zero-order valence-corrected chi connectivity index (χ0v) is 15.0. The van der Waals surface area contributed by atoms with Crippen molar-refractivity contribution >= 4 is 10.8 Å². The zero-order valence-electron chi connectivity index (χ0n) is 15.0. The van der Waals surface area contributed by atoms with Crippen LogP contribution in [0.2, 0.25) is 0 Å². The quantitative estimate of drug-likeness (QED) is 0.585. The van der Waals surface area contributed by atoms with Gasteiger partial charge in [0.15, 0.2) is 0 Å². The van der Waals surface area contributed by atoms with Crippen LogP contribution in [0.4, 0.5) is 0 Å². The summed E-state index contributed by atoms with van der Waals surface area (Å²) in [5.74, 6) is 1.39. The molecule has 0 fully saturated rings. The molecule has 2 heterocycles. The van der Waals surface area contributed by atoms with Crippen molar-refractivity contribution in [1.82, 2.24) is 20.3 Å². The molecule has 0 unspecified atom stereocenters. The molecule has 0 aliphatic carbocycles. The molecule has 6 nitrogen and oxygen atoms in total. The summed E-state index contributed by atoms with van der Waals surface area (Å²) in [5, 5.41) is 11.9. The summed E-state index contributed by atoms with van der Waals surface area (Å²) in [4.78, 5) is 16.4. The van der Waals surface area contributed by atoms with Gasteiger partial charge < -0.3 is 9.62 Å². The number of hydrogen-bond acceptors (Lipinski definition) is 4. The first-order valence-corrected chi connectivity index (χ1v) is 8.64. The third-order valence-electron chi connectivity index (χ3n) is 4.56. The van der Waals surface area contributed by atoms with E-state index in [0.29, 0.717) is 18.1 Å². The first-order valence-electron chi connectivity index (χ1n) is 8.64. The lowest BCUT2D eigenvalue weighted by atomic mass is 9.97. The van der Waals surface area contributed by atoms with Crippen LogP contribution in [0.1, 0.15) is 42.5 Å². The Kier molecular flexibility index (Phi) is 3.95. The Labute approximate surface area is 150 Å². The van der Waals surface area contributed by atoms with E-state index in [9.17, 15) is 4.79 Å². The van der Waals surface area contributed by atoms with E-state index in [1.807, 2.05) is 18.2 Å². The molecule has 2 aromatic heterocycles. The van der Waals surface area contributed by atoms with E-state index < -0.39 is 0 Å². The van der Waals surface area contributed by atoms with Crippen LogP contribution in [0.5, 0.6) is 0 Å². The smallest absolute Gasteiger partial charge is 0.267 e. The molecule has 26 heavy (non-hydrogen) atoms. The van der Waals surface area contributed by atoms with E-state index in [1.54, 1.807) is 6.92 Å². The largest absolute Gasteiger partial charge is 0.339 e. The van der Waals surface area contributed by atoms with Crippen molar-refractivity contribution in [3.63, 3.8) is 0 Å². The van der Waals surface area contributed by atoms with Crippen LogP contribution < -0.4 is 5.56 Å². The minimum Gasteiger partial charge on any atom is -0.339 e. The molecule has 4 rings (SSSR count). The second-order valence-electron chi connectivity index (χ2n) is 6.84. The Morgan fingerprint density at radius 2 is 1.88 bits per heavy atom. The Morgan fingerprint density at radius 3 is 2.62 bits per heavy atom. The van der Waals surface area contributed by atoms with Crippen molar-refractivity contribution in [1.29, 1.82) is 0 Å². The van der Waals surface area contributed by atoms with Gasteiger partial charge in [-0.3, -0.25) is 9.89 Å². The van der Waals surface area contributed by atoms with Crippen LogP contribution in [-0.4, -0.2) is 20.3 Å². The van der Waals surface area contributed by atoms with Crippen molar-refractivity contribution in [2.24, 2.45) is 0 Å². The molecule has 2 N–H and O–H groups in total. The number of rotatable bonds is 4. The van der Waals surface area contributed by atoms with Crippen molar-refractivity contribution in [3.8, 4) is 11.4 Å². The molecule has 0 radical (unpaired) electrons. The van der Waals surface area contributed by atoms with Crippen molar-refractivity contribution < 1.29 is 4.52 Å². The van der Waals surface area contributed by atoms with Gasteiger partial charge in [-0.2, -0.15) is 4.98 Å². The fraction of sp³-hybridized carbons (Fsp3) is 0.250. The molecule has 0 saturated carbocycles. The van der Waals surface area contributed by atoms with E-state index in [2.05, 4.69) is 52.4 Å². The van der Waals surface area contributed by atoms with Crippen molar-refractivity contribution in [3.05, 3.63) is 69.5 Å². The molecular weight excluding hydrogens is 328 g/mol. The van der Waals surface area contributed by atoms with E-state index in [4.69, 9.17) is 4.52 Å². The highest BCUT2D eigenvalue weighted by Crippen LogP contribution is 2.25. The van der Waals surface area contributed by atoms with Crippen LogP contribution in [0.3, 0.4) is 0 Å². The summed E-state index contributed by atoms with van der Waals surface area (Å²) in [6, 6.07) is 12.3. The minimum absolute atomic E-state index is 0.0511. The highest BCUT2D eigenvalue weighted by atomic mass is 16.5. The number of aromatic nitrogens is 4. The number of aryl methyl sites for hydroxylation is 1. The SMILES string of the molecule is Cc1nc(-c2ccc3ccc(Cc4c(C(C)C)[nH][nH]c4=O)cc3c2)no1. The van der Waals surface area contributed by atoms with Crippen LogP contribution in [-0.2, 0) is 6.42 Å². The van der Waals surface area contributed by atoms with Crippen LogP contribution in [0.25, 0.3) is 22.2 Å². The Morgan fingerprint density at radius 1 is 1.08 bits per heavy atom. The number of fused-ring (bicyclic) bond motifs is 1. The molecule has 0 atom stereocenters. The fourth-order valence-corrected chi connectivity index (χ4v) is 3.23. The second kappa shape index (κ2) is 6.29. The van der Waals surface area contributed by atoms with Gasteiger partial charge >= 0.3 is 0 Å². The molecule has 6 heteroatoms. The predicted molar refractivity (Wildman–Crippen MR) is 100 cm³/mol. The minimum atomic E-state index is -0.0511. The third kappa shape index (κ3) is 2.94. The van der Waals surface area contributed by atoms with Crippen LogP contribution in [0.15, 0.2) is 45.7 Å². The van der Waals surface area contributed by atoms with E-state index in [-0.39, 0.29) is 11.5 Å². The topological polar surface area (TPSA) is 87.6 Å². The summed E-state index contributed by atoms with van der Waals surface area (Å²) < 4.78 is 5.07. The van der Waals surface area contributed by atoms with Gasteiger partial charge in [-0.15, -0.1) is 0 Å². The van der Waals surface area contributed by atoms with Gasteiger partial charge in [0.1, 0.15) is 0 Å². The third-order valence-corrected chi connectivity index (χ3v) is 4.56. The van der Waals surface area contributed by atoms with Gasteiger partial charge in [0, 0.05) is 30.2 Å². The summed E-state index contributed by atoms with van der Waals surface area (Å²) in [7, 11) is 0. The van der Waals surface area contributed by atoms with Gasteiger partial charge in [0.05, 0.1) is 0 Å². The van der Waals surface area contributed by atoms with Gasteiger partial charge in [0.2, 0.25) is 11.7 Å². The number of H-pyrrole nitrogens is 2. The number of aromatic amines is 2. The maximum absolute atomic E-state index is 12.1. The van der Waals surface area contributed by atoms with Crippen molar-refractivity contribution in [2.45, 2.75) is 33.1 Å². The first-order chi connectivity index (χ1) is 12.5. The molecule has 4 aromatic rings. The number of benzene rings is 2. The number of hydrogen-bond donors (Lipinski definition) is 2.